The average Bonchev–Trinajstić information content (AvgIpc) is 3.31. The van der Waals surface area contributed by atoms with Gasteiger partial charge in [0, 0.05) is 18.3 Å². The molecule has 1 aromatic carbocycles. The second-order valence-electron chi connectivity index (χ2n) is 5.72. The third-order valence-electron chi connectivity index (χ3n) is 3.90. The van der Waals surface area contributed by atoms with Crippen molar-refractivity contribution in [3.63, 3.8) is 0 Å². The summed E-state index contributed by atoms with van der Waals surface area (Å²) in [5.74, 6) is 2.18. The van der Waals surface area contributed by atoms with Crippen molar-refractivity contribution in [2.75, 3.05) is 18.8 Å². The van der Waals surface area contributed by atoms with Crippen molar-refractivity contribution >= 4 is 17.7 Å². The van der Waals surface area contributed by atoms with E-state index in [9.17, 15) is 0 Å². The first-order chi connectivity index (χ1) is 11.8. The number of nitrogens with zero attached hydrogens (tertiary/aromatic N) is 4. The van der Waals surface area contributed by atoms with Gasteiger partial charge in [-0.3, -0.25) is 0 Å². The minimum Gasteiger partial charge on any atom is -0.357 e. The van der Waals surface area contributed by atoms with E-state index >= 15 is 0 Å². The van der Waals surface area contributed by atoms with Crippen LogP contribution in [0.15, 0.2) is 41.9 Å². The van der Waals surface area contributed by atoms with E-state index in [0.717, 1.165) is 30.0 Å². The summed E-state index contributed by atoms with van der Waals surface area (Å²) >= 11 is 2.06. The van der Waals surface area contributed by atoms with Gasteiger partial charge in [0.25, 0.3) is 0 Å². The molecule has 2 heterocycles. The Labute approximate surface area is 147 Å². The Bertz CT molecular complexity index is 632. The Balaban J connectivity index is 1.56. The molecule has 7 heteroatoms. The highest BCUT2D eigenvalue weighted by Crippen LogP contribution is 2.25. The maximum absolute atomic E-state index is 4.69. The van der Waals surface area contributed by atoms with Crippen LogP contribution in [0.5, 0.6) is 0 Å². The lowest BCUT2D eigenvalue weighted by molar-refractivity contribution is 0.727. The minimum absolute atomic E-state index is 0.658. The molecular weight excluding hydrogens is 320 g/mol. The zero-order chi connectivity index (χ0) is 16.6. The van der Waals surface area contributed by atoms with E-state index in [0.29, 0.717) is 6.54 Å². The lowest BCUT2D eigenvalue weighted by atomic mass is 10.2. The molecule has 0 bridgehead atoms. The van der Waals surface area contributed by atoms with Crippen LogP contribution in [0.25, 0.3) is 5.69 Å². The fourth-order valence-corrected chi connectivity index (χ4v) is 3.82. The van der Waals surface area contributed by atoms with Crippen LogP contribution in [0.2, 0.25) is 0 Å². The topological polar surface area (TPSA) is 67.1 Å². The van der Waals surface area contributed by atoms with Crippen LogP contribution in [0.3, 0.4) is 0 Å². The summed E-state index contributed by atoms with van der Waals surface area (Å²) in [5, 5.41) is 11.6. The number of benzene rings is 1. The zero-order valence-electron chi connectivity index (χ0n) is 14.0. The fourth-order valence-electron chi connectivity index (χ4n) is 2.62. The Kier molecular flexibility index (Phi) is 6.12. The molecule has 0 spiro atoms. The van der Waals surface area contributed by atoms with Gasteiger partial charge in [-0.05, 0) is 43.2 Å². The Hall–Kier alpha value is -2.02. The molecular formula is C17H24N6S. The van der Waals surface area contributed by atoms with Crippen molar-refractivity contribution < 1.29 is 0 Å². The highest BCUT2D eigenvalue weighted by molar-refractivity contribution is 8.00. The highest BCUT2D eigenvalue weighted by Gasteiger charge is 2.15. The summed E-state index contributed by atoms with van der Waals surface area (Å²) < 4.78 is 1.75. The van der Waals surface area contributed by atoms with Crippen LogP contribution >= 0.6 is 11.8 Å². The molecule has 1 aromatic heterocycles. The van der Waals surface area contributed by atoms with Crippen molar-refractivity contribution in [3.8, 4) is 5.69 Å². The van der Waals surface area contributed by atoms with Crippen LogP contribution in [0, 0.1) is 0 Å². The van der Waals surface area contributed by atoms with Crippen LogP contribution in [-0.4, -0.2) is 44.8 Å². The van der Waals surface area contributed by atoms with Crippen LogP contribution in [0.4, 0.5) is 0 Å². The molecule has 1 fully saturated rings. The van der Waals surface area contributed by atoms with E-state index in [4.69, 9.17) is 0 Å². The second kappa shape index (κ2) is 8.73. The van der Waals surface area contributed by atoms with E-state index in [2.05, 4.69) is 56.5 Å². The molecule has 1 atom stereocenters. The van der Waals surface area contributed by atoms with Gasteiger partial charge in [0.15, 0.2) is 5.96 Å². The molecule has 1 aliphatic heterocycles. The van der Waals surface area contributed by atoms with E-state index < -0.39 is 0 Å². The van der Waals surface area contributed by atoms with Gasteiger partial charge in [-0.25, -0.2) is 14.7 Å². The van der Waals surface area contributed by atoms with Crippen molar-refractivity contribution in [2.24, 2.45) is 4.99 Å². The minimum atomic E-state index is 0.658. The maximum atomic E-state index is 4.69. The summed E-state index contributed by atoms with van der Waals surface area (Å²) in [5.41, 5.74) is 2.18. The molecule has 1 unspecified atom stereocenters. The number of hydrogen-bond donors (Lipinski definition) is 2. The molecule has 1 saturated heterocycles. The molecule has 6 nitrogen and oxygen atoms in total. The van der Waals surface area contributed by atoms with Crippen LogP contribution in [-0.2, 0) is 6.54 Å². The molecule has 0 radical (unpaired) electrons. The number of guanidine groups is 1. The zero-order valence-corrected chi connectivity index (χ0v) is 14.8. The van der Waals surface area contributed by atoms with E-state index in [1.165, 1.54) is 30.5 Å². The van der Waals surface area contributed by atoms with Gasteiger partial charge < -0.3 is 10.6 Å². The third kappa shape index (κ3) is 4.74. The van der Waals surface area contributed by atoms with Crippen LogP contribution in [0.1, 0.15) is 25.3 Å². The van der Waals surface area contributed by atoms with Crippen molar-refractivity contribution in [3.05, 3.63) is 42.5 Å². The van der Waals surface area contributed by atoms with Gasteiger partial charge >= 0.3 is 0 Å². The number of aliphatic imine (C=N–C) groups is 1. The number of hydrogen-bond acceptors (Lipinski definition) is 4. The van der Waals surface area contributed by atoms with E-state index in [1.54, 1.807) is 11.0 Å². The predicted molar refractivity (Wildman–Crippen MR) is 99.7 cm³/mol. The molecule has 128 valence electrons. The monoisotopic (exact) mass is 344 g/mol. The van der Waals surface area contributed by atoms with Crippen LogP contribution < -0.4 is 10.6 Å². The molecule has 1 aliphatic rings. The number of thioether (sulfide) groups is 1. The summed E-state index contributed by atoms with van der Waals surface area (Å²) in [6.45, 7) is 4.61. The predicted octanol–water partition coefficient (Wildman–Crippen LogP) is 2.22. The molecule has 24 heavy (non-hydrogen) atoms. The molecule has 0 amide bonds. The van der Waals surface area contributed by atoms with Gasteiger partial charge in [0.2, 0.25) is 0 Å². The first-order valence-electron chi connectivity index (χ1n) is 8.43. The molecule has 2 aromatic rings. The number of nitrogens with one attached hydrogen (secondary N) is 2. The lowest BCUT2D eigenvalue weighted by Crippen LogP contribution is -2.40. The molecule has 3 rings (SSSR count). The molecule has 0 aliphatic carbocycles. The SMILES string of the molecule is CCNC(=NCc1ccc(-n2cncn2)cc1)NCC1CCCS1. The van der Waals surface area contributed by atoms with Gasteiger partial charge in [0.05, 0.1) is 12.2 Å². The fraction of sp³-hybridized carbons (Fsp3) is 0.471. The lowest BCUT2D eigenvalue weighted by Gasteiger charge is -2.14. The van der Waals surface area contributed by atoms with E-state index in [-0.39, 0.29) is 0 Å². The maximum Gasteiger partial charge on any atom is 0.191 e. The summed E-state index contributed by atoms with van der Waals surface area (Å²) in [4.78, 5) is 8.65. The summed E-state index contributed by atoms with van der Waals surface area (Å²) in [6, 6.07) is 8.23. The molecule has 0 saturated carbocycles. The smallest absolute Gasteiger partial charge is 0.191 e. The number of aromatic nitrogens is 3. The Morgan fingerprint density at radius 2 is 2.21 bits per heavy atom. The number of rotatable bonds is 6. The quantitative estimate of drug-likeness (QED) is 0.621. The van der Waals surface area contributed by atoms with Gasteiger partial charge in [-0.1, -0.05) is 12.1 Å². The first-order valence-corrected chi connectivity index (χ1v) is 9.47. The van der Waals surface area contributed by atoms with Crippen molar-refractivity contribution in [1.29, 1.82) is 0 Å². The van der Waals surface area contributed by atoms with E-state index in [1.807, 2.05) is 12.1 Å². The third-order valence-corrected chi connectivity index (χ3v) is 5.30. The standard InChI is InChI=1S/C17H24N6S/c1-2-19-17(21-11-16-4-3-9-24-16)20-10-14-5-7-15(8-6-14)23-13-18-12-22-23/h5-8,12-13,16H,2-4,9-11H2,1H3,(H2,19,20,21). The van der Waals surface area contributed by atoms with Crippen molar-refractivity contribution in [2.45, 2.75) is 31.6 Å². The normalized spacial score (nSPS) is 17.9. The summed E-state index contributed by atoms with van der Waals surface area (Å²) in [7, 11) is 0. The van der Waals surface area contributed by atoms with Gasteiger partial charge in [-0.2, -0.15) is 16.9 Å². The van der Waals surface area contributed by atoms with Crippen molar-refractivity contribution in [1.82, 2.24) is 25.4 Å². The second-order valence-corrected chi connectivity index (χ2v) is 7.13. The Morgan fingerprint density at radius 3 is 2.88 bits per heavy atom. The summed E-state index contributed by atoms with van der Waals surface area (Å²) in [6.07, 6.45) is 5.88. The van der Waals surface area contributed by atoms with Gasteiger partial charge in [0.1, 0.15) is 12.7 Å². The largest absolute Gasteiger partial charge is 0.357 e. The van der Waals surface area contributed by atoms with Gasteiger partial charge in [-0.15, -0.1) is 0 Å². The molecule has 2 N–H and O–H groups in total. The Morgan fingerprint density at radius 1 is 1.33 bits per heavy atom. The highest BCUT2D eigenvalue weighted by atomic mass is 32.2. The first kappa shape index (κ1) is 16.8. The average molecular weight is 344 g/mol.